The Morgan fingerprint density at radius 1 is 1.25 bits per heavy atom. The lowest BCUT2D eigenvalue weighted by molar-refractivity contribution is 0.0773. The normalized spacial score (nSPS) is 21.6. The molecule has 88 valence electrons. The van der Waals surface area contributed by atoms with Gasteiger partial charge in [0, 0.05) is 5.69 Å². The van der Waals surface area contributed by atoms with Crippen LogP contribution in [0.15, 0.2) is 24.3 Å². The number of hydrogen-bond donors (Lipinski definition) is 2. The second-order valence-electron chi connectivity index (χ2n) is 4.72. The van der Waals surface area contributed by atoms with Crippen LogP contribution >= 0.6 is 0 Å². The zero-order valence-corrected chi connectivity index (χ0v) is 9.67. The molecule has 0 spiro atoms. The second-order valence-corrected chi connectivity index (χ2v) is 4.72. The molecule has 1 heterocycles. The molecule has 0 aliphatic carbocycles. The van der Waals surface area contributed by atoms with E-state index in [1.54, 1.807) is 31.2 Å². The lowest BCUT2D eigenvalue weighted by Crippen LogP contribution is -2.37. The van der Waals surface area contributed by atoms with E-state index >= 15 is 0 Å². The molecule has 16 heavy (non-hydrogen) atoms. The molecule has 2 rings (SSSR count). The highest BCUT2D eigenvalue weighted by atomic mass is 19.1. The molecule has 3 N–H and O–H groups in total. The molecule has 1 aliphatic heterocycles. The van der Waals surface area contributed by atoms with E-state index in [0.717, 1.165) is 31.5 Å². The number of nitrogens with two attached hydrogens (primary N) is 1. The van der Waals surface area contributed by atoms with Crippen LogP contribution in [-0.2, 0) is 5.67 Å². The standard InChI is InChI=1S/C13H19FN2/c1-13(14,11-6-8-16-9-7-11)10-2-4-12(15)5-3-10/h2-5,11,16H,6-9,15H2,1H3. The van der Waals surface area contributed by atoms with E-state index in [4.69, 9.17) is 5.73 Å². The van der Waals surface area contributed by atoms with Crippen LogP contribution in [0.4, 0.5) is 10.1 Å². The maximum atomic E-state index is 14.8. The molecule has 2 nitrogen and oxygen atoms in total. The van der Waals surface area contributed by atoms with Gasteiger partial charge in [-0.25, -0.2) is 4.39 Å². The highest BCUT2D eigenvalue weighted by Gasteiger charge is 2.36. The number of alkyl halides is 1. The Morgan fingerprint density at radius 2 is 1.81 bits per heavy atom. The van der Waals surface area contributed by atoms with Gasteiger partial charge in [0.2, 0.25) is 0 Å². The van der Waals surface area contributed by atoms with Crippen molar-refractivity contribution in [1.29, 1.82) is 0 Å². The molecule has 0 saturated carbocycles. The highest BCUT2D eigenvalue weighted by molar-refractivity contribution is 5.41. The van der Waals surface area contributed by atoms with Gasteiger partial charge in [-0.1, -0.05) is 12.1 Å². The Kier molecular flexibility index (Phi) is 3.15. The highest BCUT2D eigenvalue weighted by Crippen LogP contribution is 2.38. The van der Waals surface area contributed by atoms with Crippen molar-refractivity contribution in [2.45, 2.75) is 25.4 Å². The van der Waals surface area contributed by atoms with Gasteiger partial charge in [0.1, 0.15) is 5.67 Å². The van der Waals surface area contributed by atoms with Crippen LogP contribution < -0.4 is 11.1 Å². The summed E-state index contributed by atoms with van der Waals surface area (Å²) in [6.45, 7) is 3.52. The van der Waals surface area contributed by atoms with E-state index in [9.17, 15) is 4.39 Å². The number of nitrogens with one attached hydrogen (secondary N) is 1. The lowest BCUT2D eigenvalue weighted by Gasteiger charge is -2.34. The largest absolute Gasteiger partial charge is 0.399 e. The molecule has 3 heteroatoms. The number of anilines is 1. The molecule has 0 aromatic heterocycles. The van der Waals surface area contributed by atoms with E-state index < -0.39 is 5.67 Å². The van der Waals surface area contributed by atoms with E-state index in [1.165, 1.54) is 0 Å². The third-order valence-electron chi connectivity index (χ3n) is 3.58. The molecule has 0 radical (unpaired) electrons. The van der Waals surface area contributed by atoms with Gasteiger partial charge in [-0.05, 0) is 56.5 Å². The SMILES string of the molecule is CC(F)(c1ccc(N)cc1)C1CCNCC1. The van der Waals surface area contributed by atoms with Crippen molar-refractivity contribution >= 4 is 5.69 Å². The minimum Gasteiger partial charge on any atom is -0.399 e. The molecule has 1 aromatic carbocycles. The van der Waals surface area contributed by atoms with Crippen LogP contribution in [0, 0.1) is 5.92 Å². The first kappa shape index (κ1) is 11.4. The number of halogens is 1. The van der Waals surface area contributed by atoms with Crippen LogP contribution in [0.3, 0.4) is 0 Å². The fraction of sp³-hybridized carbons (Fsp3) is 0.538. The van der Waals surface area contributed by atoms with Gasteiger partial charge in [0.15, 0.2) is 0 Å². The van der Waals surface area contributed by atoms with Gasteiger partial charge in [-0.15, -0.1) is 0 Å². The molecular formula is C13H19FN2. The van der Waals surface area contributed by atoms with E-state index in [0.29, 0.717) is 5.69 Å². The van der Waals surface area contributed by atoms with Crippen LogP contribution in [0.5, 0.6) is 0 Å². The van der Waals surface area contributed by atoms with E-state index in [2.05, 4.69) is 5.32 Å². The molecule has 1 aliphatic rings. The minimum atomic E-state index is -1.24. The van der Waals surface area contributed by atoms with Crippen molar-refractivity contribution < 1.29 is 4.39 Å². The Labute approximate surface area is 96.0 Å². The fourth-order valence-corrected chi connectivity index (χ4v) is 2.41. The van der Waals surface area contributed by atoms with Crippen LogP contribution in [0.2, 0.25) is 0 Å². The van der Waals surface area contributed by atoms with Crippen LogP contribution in [0.25, 0.3) is 0 Å². The Morgan fingerprint density at radius 3 is 2.38 bits per heavy atom. The molecule has 0 bridgehead atoms. The summed E-state index contributed by atoms with van der Waals surface area (Å²) < 4.78 is 14.8. The van der Waals surface area contributed by atoms with Crippen molar-refractivity contribution in [1.82, 2.24) is 5.32 Å². The Balaban J connectivity index is 2.19. The second kappa shape index (κ2) is 4.42. The first-order valence-electron chi connectivity index (χ1n) is 5.86. The molecule has 0 amide bonds. The molecular weight excluding hydrogens is 203 g/mol. The smallest absolute Gasteiger partial charge is 0.136 e. The van der Waals surface area contributed by atoms with Gasteiger partial charge in [0.05, 0.1) is 0 Å². The number of rotatable bonds is 2. The molecule has 1 aromatic rings. The average molecular weight is 222 g/mol. The van der Waals surface area contributed by atoms with Gasteiger partial charge >= 0.3 is 0 Å². The summed E-state index contributed by atoms with van der Waals surface area (Å²) in [6, 6.07) is 7.15. The topological polar surface area (TPSA) is 38.0 Å². The van der Waals surface area contributed by atoms with Gasteiger partial charge < -0.3 is 11.1 Å². The zero-order chi connectivity index (χ0) is 11.6. The van der Waals surface area contributed by atoms with E-state index in [-0.39, 0.29) is 5.92 Å². The predicted molar refractivity (Wildman–Crippen MR) is 64.9 cm³/mol. The van der Waals surface area contributed by atoms with Gasteiger partial charge in [-0.3, -0.25) is 0 Å². The predicted octanol–water partition coefficient (Wildman–Crippen LogP) is 2.45. The fourth-order valence-electron chi connectivity index (χ4n) is 2.41. The summed E-state index contributed by atoms with van der Waals surface area (Å²) in [4.78, 5) is 0. The number of hydrogen-bond acceptors (Lipinski definition) is 2. The third kappa shape index (κ3) is 2.19. The Bertz CT molecular complexity index is 339. The summed E-state index contributed by atoms with van der Waals surface area (Å²) >= 11 is 0. The first-order valence-corrected chi connectivity index (χ1v) is 5.86. The summed E-state index contributed by atoms with van der Waals surface area (Å²) in [5.41, 5.74) is 5.80. The van der Waals surface area contributed by atoms with E-state index in [1.807, 2.05) is 0 Å². The monoisotopic (exact) mass is 222 g/mol. The summed E-state index contributed by atoms with van der Waals surface area (Å²) in [6.07, 6.45) is 1.80. The van der Waals surface area contributed by atoms with Crippen molar-refractivity contribution in [2.75, 3.05) is 18.8 Å². The number of nitrogen functional groups attached to an aromatic ring is 1. The summed E-state index contributed by atoms with van der Waals surface area (Å²) in [5.74, 6) is 0.109. The number of piperidine rings is 1. The zero-order valence-electron chi connectivity index (χ0n) is 9.67. The summed E-state index contributed by atoms with van der Waals surface area (Å²) in [7, 11) is 0. The third-order valence-corrected chi connectivity index (χ3v) is 3.58. The summed E-state index contributed by atoms with van der Waals surface area (Å²) in [5, 5.41) is 3.26. The van der Waals surface area contributed by atoms with Crippen molar-refractivity contribution in [3.05, 3.63) is 29.8 Å². The van der Waals surface area contributed by atoms with Crippen molar-refractivity contribution in [2.24, 2.45) is 5.92 Å². The lowest BCUT2D eigenvalue weighted by atomic mass is 9.79. The number of benzene rings is 1. The average Bonchev–Trinajstić information content (AvgIpc) is 2.31. The Hall–Kier alpha value is -1.09. The maximum absolute atomic E-state index is 14.8. The van der Waals surface area contributed by atoms with Crippen LogP contribution in [0.1, 0.15) is 25.3 Å². The molecule has 1 atom stereocenters. The van der Waals surface area contributed by atoms with Gasteiger partial charge in [-0.2, -0.15) is 0 Å². The van der Waals surface area contributed by atoms with Crippen LogP contribution in [-0.4, -0.2) is 13.1 Å². The first-order chi connectivity index (χ1) is 7.60. The quantitative estimate of drug-likeness (QED) is 0.754. The van der Waals surface area contributed by atoms with Gasteiger partial charge in [0.25, 0.3) is 0 Å². The molecule has 1 saturated heterocycles. The minimum absolute atomic E-state index is 0.109. The maximum Gasteiger partial charge on any atom is 0.136 e. The molecule has 1 unspecified atom stereocenters. The molecule has 1 fully saturated rings. The van der Waals surface area contributed by atoms with Crippen molar-refractivity contribution in [3.63, 3.8) is 0 Å². The van der Waals surface area contributed by atoms with Crippen molar-refractivity contribution in [3.8, 4) is 0 Å².